The topological polar surface area (TPSA) is 75.0 Å². The van der Waals surface area contributed by atoms with Crippen LogP contribution in [-0.2, 0) is 0 Å². The van der Waals surface area contributed by atoms with Crippen LogP contribution >= 0.6 is 0 Å². The molecule has 3 aromatic rings. The third-order valence-electron chi connectivity index (χ3n) is 3.43. The highest BCUT2D eigenvalue weighted by atomic mass is 16.5. The Balaban J connectivity index is 1.82. The molecule has 23 heavy (non-hydrogen) atoms. The van der Waals surface area contributed by atoms with E-state index in [4.69, 9.17) is 10.00 Å². The minimum absolute atomic E-state index is 0.246. The Morgan fingerprint density at radius 3 is 2.65 bits per heavy atom. The average Bonchev–Trinajstić information content (AvgIpc) is 2.61. The number of hydrogen-bond donors (Lipinski definition) is 1. The number of nitrogens with zero attached hydrogens (tertiary/aromatic N) is 2. The van der Waals surface area contributed by atoms with E-state index in [2.05, 4.69) is 10.3 Å². The molecule has 1 heterocycles. The van der Waals surface area contributed by atoms with Crippen molar-refractivity contribution < 1.29 is 9.53 Å². The number of carbonyl (C=O) groups is 1. The van der Waals surface area contributed by atoms with Gasteiger partial charge in [-0.15, -0.1) is 0 Å². The van der Waals surface area contributed by atoms with Crippen LogP contribution in [0.1, 0.15) is 15.9 Å². The lowest BCUT2D eigenvalue weighted by Gasteiger charge is -2.07. The molecule has 0 atom stereocenters. The maximum absolute atomic E-state index is 12.2. The summed E-state index contributed by atoms with van der Waals surface area (Å²) in [5, 5.41) is 12.5. The molecule has 3 rings (SSSR count). The molecule has 0 bridgehead atoms. The Labute approximate surface area is 133 Å². The Hall–Kier alpha value is -3.39. The molecular weight excluding hydrogens is 290 g/mol. The number of nitriles is 1. The lowest BCUT2D eigenvalue weighted by atomic mass is 10.1. The Kier molecular flexibility index (Phi) is 3.89. The van der Waals surface area contributed by atoms with E-state index in [1.54, 1.807) is 37.6 Å². The number of aromatic nitrogens is 1. The normalized spacial score (nSPS) is 10.1. The van der Waals surface area contributed by atoms with Crippen molar-refractivity contribution in [3.05, 3.63) is 65.9 Å². The van der Waals surface area contributed by atoms with Crippen molar-refractivity contribution >= 4 is 22.5 Å². The molecule has 0 saturated carbocycles. The molecule has 2 aromatic carbocycles. The maximum atomic E-state index is 12.2. The predicted octanol–water partition coefficient (Wildman–Crippen LogP) is 3.37. The van der Waals surface area contributed by atoms with E-state index in [-0.39, 0.29) is 5.91 Å². The fourth-order valence-electron chi connectivity index (χ4n) is 2.20. The van der Waals surface area contributed by atoms with E-state index in [9.17, 15) is 4.79 Å². The first-order valence-corrected chi connectivity index (χ1v) is 6.95. The molecule has 0 aliphatic rings. The van der Waals surface area contributed by atoms with Gasteiger partial charge in [-0.05, 0) is 42.5 Å². The van der Waals surface area contributed by atoms with Gasteiger partial charge in [-0.3, -0.25) is 9.78 Å². The van der Waals surface area contributed by atoms with Crippen molar-refractivity contribution in [3.63, 3.8) is 0 Å². The number of anilines is 1. The summed E-state index contributed by atoms with van der Waals surface area (Å²) in [6.45, 7) is 0. The first kappa shape index (κ1) is 14.5. The highest BCUT2D eigenvalue weighted by molar-refractivity contribution is 6.05. The average molecular weight is 303 g/mol. The fraction of sp³-hybridized carbons (Fsp3) is 0.0556. The molecule has 112 valence electrons. The van der Waals surface area contributed by atoms with Crippen LogP contribution in [-0.4, -0.2) is 18.0 Å². The molecule has 0 radical (unpaired) electrons. The standard InChI is InChI=1S/C18H13N3O2/c1-23-16-7-6-14-8-15(11-20-17(14)9-16)21-18(22)13-4-2-12(10-19)3-5-13/h2-9,11H,1H3,(H,21,22). The lowest BCUT2D eigenvalue weighted by molar-refractivity contribution is 0.102. The highest BCUT2D eigenvalue weighted by Crippen LogP contribution is 2.21. The largest absolute Gasteiger partial charge is 0.497 e. The SMILES string of the molecule is COc1ccc2cc(NC(=O)c3ccc(C#N)cc3)cnc2c1. The van der Waals surface area contributed by atoms with Crippen LogP contribution in [0.25, 0.3) is 10.9 Å². The number of amides is 1. The number of pyridine rings is 1. The van der Waals surface area contributed by atoms with Crippen LogP contribution in [0.15, 0.2) is 54.7 Å². The summed E-state index contributed by atoms with van der Waals surface area (Å²) in [6.07, 6.45) is 1.60. The van der Waals surface area contributed by atoms with Gasteiger partial charge in [0.2, 0.25) is 0 Å². The minimum Gasteiger partial charge on any atom is -0.497 e. The van der Waals surface area contributed by atoms with E-state index in [1.165, 1.54) is 0 Å². The maximum Gasteiger partial charge on any atom is 0.255 e. The zero-order valence-corrected chi connectivity index (χ0v) is 12.4. The van der Waals surface area contributed by atoms with Crippen LogP contribution < -0.4 is 10.1 Å². The summed E-state index contributed by atoms with van der Waals surface area (Å²) in [5.74, 6) is 0.489. The summed E-state index contributed by atoms with van der Waals surface area (Å²) in [7, 11) is 1.60. The Bertz CT molecular complexity index is 912. The van der Waals surface area contributed by atoms with Crippen LogP contribution in [0.5, 0.6) is 5.75 Å². The molecule has 0 spiro atoms. The molecule has 0 aliphatic carbocycles. The quantitative estimate of drug-likeness (QED) is 0.805. The van der Waals surface area contributed by atoms with E-state index in [0.29, 0.717) is 16.8 Å². The van der Waals surface area contributed by atoms with Gasteiger partial charge in [-0.2, -0.15) is 5.26 Å². The van der Waals surface area contributed by atoms with Gasteiger partial charge in [0.15, 0.2) is 0 Å². The van der Waals surface area contributed by atoms with Gasteiger partial charge < -0.3 is 10.1 Å². The molecule has 5 heteroatoms. The van der Waals surface area contributed by atoms with Gasteiger partial charge in [0.25, 0.3) is 5.91 Å². The molecule has 5 nitrogen and oxygen atoms in total. The van der Waals surface area contributed by atoms with Gasteiger partial charge in [0.1, 0.15) is 5.75 Å². The van der Waals surface area contributed by atoms with E-state index >= 15 is 0 Å². The predicted molar refractivity (Wildman–Crippen MR) is 87.4 cm³/mol. The number of methoxy groups -OCH3 is 1. The Morgan fingerprint density at radius 1 is 1.17 bits per heavy atom. The second-order valence-corrected chi connectivity index (χ2v) is 4.93. The van der Waals surface area contributed by atoms with Gasteiger partial charge in [-0.25, -0.2) is 0 Å². The molecule has 0 unspecified atom stereocenters. The first-order chi connectivity index (χ1) is 11.2. The number of fused-ring (bicyclic) bond motifs is 1. The molecule has 1 amide bonds. The van der Waals surface area contributed by atoms with Crippen LogP contribution in [0, 0.1) is 11.3 Å². The van der Waals surface area contributed by atoms with Crippen molar-refractivity contribution in [2.75, 3.05) is 12.4 Å². The summed E-state index contributed by atoms with van der Waals surface area (Å²) >= 11 is 0. The van der Waals surface area contributed by atoms with Crippen molar-refractivity contribution in [2.45, 2.75) is 0 Å². The number of carbonyl (C=O) groups excluding carboxylic acids is 1. The van der Waals surface area contributed by atoms with Crippen molar-refractivity contribution in [2.24, 2.45) is 0 Å². The first-order valence-electron chi connectivity index (χ1n) is 6.95. The molecule has 0 saturated heterocycles. The van der Waals surface area contributed by atoms with Crippen LogP contribution in [0.3, 0.4) is 0 Å². The summed E-state index contributed by atoms with van der Waals surface area (Å²) in [5.41, 5.74) is 2.40. The monoisotopic (exact) mass is 303 g/mol. The van der Waals surface area contributed by atoms with Crippen LogP contribution in [0.2, 0.25) is 0 Å². The second-order valence-electron chi connectivity index (χ2n) is 4.93. The smallest absolute Gasteiger partial charge is 0.255 e. The van der Waals surface area contributed by atoms with E-state index in [1.807, 2.05) is 30.3 Å². The van der Waals surface area contributed by atoms with Crippen LogP contribution in [0.4, 0.5) is 5.69 Å². The molecular formula is C18H13N3O2. The minimum atomic E-state index is -0.246. The number of ether oxygens (including phenoxy) is 1. The highest BCUT2D eigenvalue weighted by Gasteiger charge is 2.07. The molecule has 0 aliphatic heterocycles. The summed E-state index contributed by atoms with van der Waals surface area (Å²) < 4.78 is 5.16. The van der Waals surface area contributed by atoms with Gasteiger partial charge >= 0.3 is 0 Å². The molecule has 0 fully saturated rings. The van der Waals surface area contributed by atoms with Crippen molar-refractivity contribution in [1.82, 2.24) is 4.98 Å². The van der Waals surface area contributed by atoms with Gasteiger partial charge in [0.05, 0.1) is 36.1 Å². The Morgan fingerprint density at radius 2 is 1.96 bits per heavy atom. The third kappa shape index (κ3) is 3.11. The fourth-order valence-corrected chi connectivity index (χ4v) is 2.20. The van der Waals surface area contributed by atoms with Crippen molar-refractivity contribution in [3.8, 4) is 11.8 Å². The van der Waals surface area contributed by atoms with Gasteiger partial charge in [-0.1, -0.05) is 0 Å². The van der Waals surface area contributed by atoms with Crippen molar-refractivity contribution in [1.29, 1.82) is 5.26 Å². The number of benzene rings is 2. The summed E-state index contributed by atoms with van der Waals surface area (Å²) in [4.78, 5) is 16.5. The zero-order valence-electron chi connectivity index (χ0n) is 12.4. The third-order valence-corrected chi connectivity index (χ3v) is 3.43. The molecule has 1 N–H and O–H groups in total. The molecule has 1 aromatic heterocycles. The second kappa shape index (κ2) is 6.16. The van der Waals surface area contributed by atoms with Gasteiger partial charge in [0, 0.05) is 17.0 Å². The van der Waals surface area contributed by atoms with E-state index < -0.39 is 0 Å². The summed E-state index contributed by atoms with van der Waals surface area (Å²) in [6, 6.07) is 15.9. The van der Waals surface area contributed by atoms with E-state index in [0.717, 1.165) is 16.7 Å². The lowest BCUT2D eigenvalue weighted by Crippen LogP contribution is -2.11. The number of nitrogens with one attached hydrogen (secondary N) is 1. The zero-order chi connectivity index (χ0) is 16.2. The number of rotatable bonds is 3. The number of hydrogen-bond acceptors (Lipinski definition) is 4.